The van der Waals surface area contributed by atoms with Crippen LogP contribution in [0.3, 0.4) is 0 Å². The molecule has 0 N–H and O–H groups in total. The highest BCUT2D eigenvalue weighted by Crippen LogP contribution is 2.25. The van der Waals surface area contributed by atoms with Gasteiger partial charge in [-0.05, 0) is 31.2 Å². The van der Waals surface area contributed by atoms with Gasteiger partial charge in [-0.2, -0.15) is 0 Å². The number of nitrogens with zero attached hydrogens (tertiary/aromatic N) is 2. The summed E-state index contributed by atoms with van der Waals surface area (Å²) >= 11 is 6.03. The minimum atomic E-state index is 0.828. The van der Waals surface area contributed by atoms with Crippen molar-refractivity contribution < 1.29 is 0 Å². The standard InChI is InChI=1S/C12H17ClN2/c1-14-6-5-10-3-4-11(13)9-12(10)15(2)8-7-14/h3-4,9H,5-8H2,1-2H3. The molecule has 0 saturated heterocycles. The van der Waals surface area contributed by atoms with Crippen LogP contribution < -0.4 is 4.90 Å². The van der Waals surface area contributed by atoms with E-state index in [-0.39, 0.29) is 0 Å². The van der Waals surface area contributed by atoms with E-state index >= 15 is 0 Å². The van der Waals surface area contributed by atoms with E-state index in [0.29, 0.717) is 0 Å². The fourth-order valence-electron chi connectivity index (χ4n) is 1.97. The van der Waals surface area contributed by atoms with Crippen LogP contribution in [0.25, 0.3) is 0 Å². The smallest absolute Gasteiger partial charge is 0.0426 e. The number of hydrogen-bond acceptors (Lipinski definition) is 2. The van der Waals surface area contributed by atoms with Crippen LogP contribution in [0, 0.1) is 0 Å². The maximum atomic E-state index is 6.03. The van der Waals surface area contributed by atoms with Crippen LogP contribution >= 0.6 is 11.6 Å². The molecule has 0 radical (unpaired) electrons. The van der Waals surface area contributed by atoms with E-state index in [4.69, 9.17) is 11.6 Å². The van der Waals surface area contributed by atoms with Crippen molar-refractivity contribution >= 4 is 17.3 Å². The van der Waals surface area contributed by atoms with Crippen LogP contribution in [0.15, 0.2) is 18.2 Å². The van der Waals surface area contributed by atoms with Gasteiger partial charge >= 0.3 is 0 Å². The molecule has 1 aliphatic heterocycles. The predicted molar refractivity (Wildman–Crippen MR) is 65.9 cm³/mol. The molecule has 2 nitrogen and oxygen atoms in total. The molecule has 15 heavy (non-hydrogen) atoms. The summed E-state index contributed by atoms with van der Waals surface area (Å²) < 4.78 is 0. The molecule has 0 bridgehead atoms. The Labute approximate surface area is 96.4 Å². The van der Waals surface area contributed by atoms with Gasteiger partial charge in [0.25, 0.3) is 0 Å². The minimum absolute atomic E-state index is 0.828. The van der Waals surface area contributed by atoms with Gasteiger partial charge in [-0.1, -0.05) is 17.7 Å². The Hall–Kier alpha value is -0.730. The van der Waals surface area contributed by atoms with E-state index < -0.39 is 0 Å². The fraction of sp³-hybridized carbons (Fsp3) is 0.500. The van der Waals surface area contributed by atoms with Gasteiger partial charge in [0, 0.05) is 37.4 Å². The zero-order valence-corrected chi connectivity index (χ0v) is 10.1. The average molecular weight is 225 g/mol. The van der Waals surface area contributed by atoms with E-state index in [0.717, 1.165) is 31.1 Å². The molecular weight excluding hydrogens is 208 g/mol. The lowest BCUT2D eigenvalue weighted by molar-refractivity contribution is 0.341. The molecule has 0 spiro atoms. The highest BCUT2D eigenvalue weighted by atomic mass is 35.5. The lowest BCUT2D eigenvalue weighted by Gasteiger charge is -2.29. The van der Waals surface area contributed by atoms with Crippen LogP contribution in [-0.2, 0) is 6.42 Å². The summed E-state index contributed by atoms with van der Waals surface area (Å²) in [5, 5.41) is 0.828. The lowest BCUT2D eigenvalue weighted by Crippen LogP contribution is -2.34. The number of hydrogen-bond donors (Lipinski definition) is 0. The minimum Gasteiger partial charge on any atom is -0.373 e. The molecule has 0 aromatic heterocycles. The Bertz CT molecular complexity index is 351. The monoisotopic (exact) mass is 224 g/mol. The summed E-state index contributed by atoms with van der Waals surface area (Å²) in [5.41, 5.74) is 2.68. The summed E-state index contributed by atoms with van der Waals surface area (Å²) in [5.74, 6) is 0. The summed E-state index contributed by atoms with van der Waals surface area (Å²) in [6.07, 6.45) is 1.10. The SMILES string of the molecule is CN1CCc2ccc(Cl)cc2N(C)CC1. The van der Waals surface area contributed by atoms with Gasteiger partial charge in [0.05, 0.1) is 0 Å². The first kappa shape index (κ1) is 10.8. The molecule has 3 heteroatoms. The summed E-state index contributed by atoms with van der Waals surface area (Å²) in [6.45, 7) is 3.30. The molecule has 1 heterocycles. The molecule has 0 fully saturated rings. The first-order chi connectivity index (χ1) is 7.16. The fourth-order valence-corrected chi connectivity index (χ4v) is 2.13. The van der Waals surface area contributed by atoms with Gasteiger partial charge in [-0.3, -0.25) is 0 Å². The molecule has 0 saturated carbocycles. The number of likely N-dealkylation sites (N-methyl/N-ethyl adjacent to an activating group) is 2. The second-order valence-corrected chi connectivity index (χ2v) is 4.68. The number of rotatable bonds is 0. The van der Waals surface area contributed by atoms with Gasteiger partial charge < -0.3 is 9.80 Å². The molecule has 0 amide bonds. The van der Waals surface area contributed by atoms with E-state index in [1.165, 1.54) is 11.3 Å². The van der Waals surface area contributed by atoms with E-state index in [2.05, 4.69) is 36.0 Å². The second kappa shape index (κ2) is 4.42. The van der Waals surface area contributed by atoms with Gasteiger partial charge in [0.1, 0.15) is 0 Å². The van der Waals surface area contributed by atoms with Crippen molar-refractivity contribution in [1.29, 1.82) is 0 Å². The van der Waals surface area contributed by atoms with Crippen LogP contribution in [0.2, 0.25) is 5.02 Å². The van der Waals surface area contributed by atoms with Crippen molar-refractivity contribution in [2.45, 2.75) is 6.42 Å². The Morgan fingerprint density at radius 3 is 2.73 bits per heavy atom. The van der Waals surface area contributed by atoms with Crippen molar-refractivity contribution in [3.63, 3.8) is 0 Å². The zero-order chi connectivity index (χ0) is 10.8. The van der Waals surface area contributed by atoms with Crippen LogP contribution in [-0.4, -0.2) is 38.6 Å². The van der Waals surface area contributed by atoms with Crippen molar-refractivity contribution in [2.75, 3.05) is 38.6 Å². The average Bonchev–Trinajstić information content (AvgIpc) is 2.22. The topological polar surface area (TPSA) is 6.48 Å². The normalized spacial score (nSPS) is 18.2. The molecule has 82 valence electrons. The zero-order valence-electron chi connectivity index (χ0n) is 9.33. The number of fused-ring (bicyclic) bond motifs is 1. The third kappa shape index (κ3) is 2.44. The number of benzene rings is 1. The molecule has 2 rings (SSSR count). The van der Waals surface area contributed by atoms with Crippen molar-refractivity contribution in [1.82, 2.24) is 4.90 Å². The van der Waals surface area contributed by atoms with E-state index in [1.807, 2.05) is 6.07 Å². The Morgan fingerprint density at radius 2 is 1.93 bits per heavy atom. The van der Waals surface area contributed by atoms with E-state index in [9.17, 15) is 0 Å². The molecule has 0 unspecified atom stereocenters. The lowest BCUT2D eigenvalue weighted by atomic mass is 10.1. The molecule has 1 aliphatic rings. The third-order valence-corrected chi connectivity index (χ3v) is 3.27. The van der Waals surface area contributed by atoms with Gasteiger partial charge in [-0.15, -0.1) is 0 Å². The Kier molecular flexibility index (Phi) is 3.17. The summed E-state index contributed by atoms with van der Waals surface area (Å²) in [7, 11) is 4.31. The molecular formula is C12H17ClN2. The second-order valence-electron chi connectivity index (χ2n) is 4.25. The number of anilines is 1. The third-order valence-electron chi connectivity index (χ3n) is 3.04. The van der Waals surface area contributed by atoms with Gasteiger partial charge in [0.2, 0.25) is 0 Å². The Morgan fingerprint density at radius 1 is 1.13 bits per heavy atom. The first-order valence-corrected chi connectivity index (χ1v) is 5.73. The molecule has 0 aliphatic carbocycles. The van der Waals surface area contributed by atoms with Crippen LogP contribution in [0.5, 0.6) is 0 Å². The number of halogens is 1. The quantitative estimate of drug-likeness (QED) is 0.667. The van der Waals surface area contributed by atoms with Gasteiger partial charge in [-0.25, -0.2) is 0 Å². The van der Waals surface area contributed by atoms with E-state index in [1.54, 1.807) is 0 Å². The molecule has 1 aromatic carbocycles. The predicted octanol–water partition coefficient (Wildman–Crippen LogP) is 2.26. The maximum absolute atomic E-state index is 6.03. The van der Waals surface area contributed by atoms with Crippen molar-refractivity contribution in [3.8, 4) is 0 Å². The highest BCUT2D eigenvalue weighted by Gasteiger charge is 2.13. The molecule has 0 atom stereocenters. The molecule has 1 aromatic rings. The van der Waals surface area contributed by atoms with Gasteiger partial charge in [0.15, 0.2) is 0 Å². The summed E-state index contributed by atoms with van der Waals surface area (Å²) in [4.78, 5) is 4.66. The largest absolute Gasteiger partial charge is 0.373 e. The first-order valence-electron chi connectivity index (χ1n) is 5.35. The van der Waals surface area contributed by atoms with Crippen LogP contribution in [0.4, 0.5) is 5.69 Å². The maximum Gasteiger partial charge on any atom is 0.0426 e. The summed E-state index contributed by atoms with van der Waals surface area (Å²) in [6, 6.07) is 6.20. The van der Waals surface area contributed by atoms with Crippen molar-refractivity contribution in [2.24, 2.45) is 0 Å². The Balaban J connectivity index is 2.33. The van der Waals surface area contributed by atoms with Crippen molar-refractivity contribution in [3.05, 3.63) is 28.8 Å². The van der Waals surface area contributed by atoms with Crippen LogP contribution in [0.1, 0.15) is 5.56 Å². The highest BCUT2D eigenvalue weighted by molar-refractivity contribution is 6.30.